The van der Waals surface area contributed by atoms with Crippen molar-refractivity contribution in [1.29, 1.82) is 0 Å². The minimum Gasteiger partial charge on any atom is -0.383 e. The van der Waals surface area contributed by atoms with Crippen LogP contribution in [0.3, 0.4) is 0 Å². The first kappa shape index (κ1) is 72.8. The molecule has 0 radical (unpaired) electrons. The zero-order valence-corrected chi connectivity index (χ0v) is 50.0. The van der Waals surface area contributed by atoms with E-state index in [0.717, 1.165) is 39.1 Å². The summed E-state index contributed by atoms with van der Waals surface area (Å²) in [5, 5.41) is 76.0. The van der Waals surface area contributed by atoms with Gasteiger partial charge >= 0.3 is 0 Å². The normalized spacial score (nSPS) is 10.1. The highest BCUT2D eigenvalue weighted by Gasteiger charge is 2.24. The molecule has 444 valence electrons. The Morgan fingerprint density at radius 3 is 1.11 bits per heavy atom. The first-order valence-electron chi connectivity index (χ1n) is 22.9. The first-order chi connectivity index (χ1) is 38.7. The smallest absolute Gasteiger partial charge is 0.294 e. The number of aromatic nitrogens is 1. The molecule has 6 aromatic carbocycles. The van der Waals surface area contributed by atoms with Crippen LogP contribution in [0.5, 0.6) is 0 Å². The molecule has 1 aromatic heterocycles. The fourth-order valence-electron chi connectivity index (χ4n) is 6.13. The van der Waals surface area contributed by atoms with Crippen LogP contribution in [0, 0.1) is 98.5 Å². The van der Waals surface area contributed by atoms with E-state index in [1.807, 2.05) is 87.4 Å². The van der Waals surface area contributed by atoms with Gasteiger partial charge < -0.3 is 19.4 Å². The van der Waals surface area contributed by atoms with E-state index in [1.54, 1.807) is 51.7 Å². The van der Waals surface area contributed by atoms with Crippen LogP contribution in [-0.4, -0.2) is 98.1 Å². The van der Waals surface area contributed by atoms with Crippen molar-refractivity contribution in [3.63, 3.8) is 0 Å². The van der Waals surface area contributed by atoms with Gasteiger partial charge in [0.25, 0.3) is 39.8 Å². The maximum Gasteiger partial charge on any atom is 0.294 e. The second kappa shape index (κ2) is 35.6. The fourth-order valence-corrected chi connectivity index (χ4v) is 7.68. The third-order valence-electron chi connectivity index (χ3n) is 9.96. The molecule has 1 N–H and O–H groups in total. The average Bonchev–Trinajstić information content (AvgIpc) is 4.04. The number of hydrogen-bond acceptors (Lipinski definition) is 18. The summed E-state index contributed by atoms with van der Waals surface area (Å²) in [4.78, 5) is 75.3. The van der Waals surface area contributed by atoms with Crippen LogP contribution in [0.2, 0.25) is 30.1 Å². The van der Waals surface area contributed by atoms with E-state index in [-0.39, 0.29) is 54.8 Å². The van der Waals surface area contributed by atoms with Crippen LogP contribution < -0.4 is 0 Å². The van der Waals surface area contributed by atoms with Gasteiger partial charge in [0.2, 0.25) is 6.41 Å². The van der Waals surface area contributed by atoms with Gasteiger partial charge in [-0.2, -0.15) is 0 Å². The molecule has 83 heavy (non-hydrogen) atoms. The number of H-pyrrole nitrogens is 1. The van der Waals surface area contributed by atoms with E-state index < -0.39 is 51.5 Å². The Bertz CT molecular complexity index is 3230. The number of nitro benzene ring substituents is 7. The van der Waals surface area contributed by atoms with E-state index in [9.17, 15) is 70.8 Å². The Labute approximate surface area is 503 Å². The van der Waals surface area contributed by atoms with Gasteiger partial charge in [-0.1, -0.05) is 93.9 Å². The molecule has 0 atom stereocenters. The van der Waals surface area contributed by atoms with Gasteiger partial charge in [0.1, 0.15) is 20.1 Å². The van der Waals surface area contributed by atoms with Crippen LogP contribution in [0.1, 0.15) is 27.8 Å². The highest BCUT2D eigenvalue weighted by molar-refractivity contribution is 6.34. The van der Waals surface area contributed by atoms with Gasteiger partial charge in [-0.15, -0.1) is 0 Å². The summed E-state index contributed by atoms with van der Waals surface area (Å²) in [7, 11) is 10.5. The number of hydrogen-bond donors (Lipinski definition) is 1. The molecule has 32 heteroatoms. The van der Waals surface area contributed by atoms with Gasteiger partial charge in [-0.25, -0.2) is 0 Å². The van der Waals surface area contributed by atoms with E-state index in [0.29, 0.717) is 11.1 Å². The Hall–Kier alpha value is -8.18. The summed E-state index contributed by atoms with van der Waals surface area (Å²) >= 11 is 33.8. The molecule has 1 heterocycles. The lowest BCUT2D eigenvalue weighted by atomic mass is 10.1. The predicted molar refractivity (Wildman–Crippen MR) is 320 cm³/mol. The number of nitrogens with one attached hydrogen (secondary N) is 1. The van der Waals surface area contributed by atoms with Crippen molar-refractivity contribution in [1.82, 2.24) is 14.8 Å². The number of ether oxygens (including phenoxy) is 2. The van der Waals surface area contributed by atoms with Crippen molar-refractivity contribution in [2.45, 2.75) is 34.1 Å². The van der Waals surface area contributed by atoms with Crippen molar-refractivity contribution in [3.8, 4) is 0 Å². The minimum absolute atomic E-state index is 0.0726. The number of benzene rings is 6. The number of aryl methyl sites for hydroxylation is 4. The fraction of sp³-hybridized carbons (Fsp3) is 0.216. The molecule has 0 aliphatic heterocycles. The molecule has 0 saturated carbocycles. The number of halogens is 6. The van der Waals surface area contributed by atoms with Crippen molar-refractivity contribution in [2.75, 3.05) is 42.4 Å². The largest absolute Gasteiger partial charge is 0.383 e. The number of rotatable bonds is 12. The number of nitro groups is 7. The second-order valence-electron chi connectivity index (χ2n) is 16.8. The van der Waals surface area contributed by atoms with E-state index in [1.165, 1.54) is 55.3 Å². The first-order valence-corrected chi connectivity index (χ1v) is 25.2. The third-order valence-corrected chi connectivity index (χ3v) is 11.6. The molecule has 0 amide bonds. The maximum absolute atomic E-state index is 10.8. The number of fused-ring (bicyclic) bond motifs is 1. The molecular formula is C51H52Cl6N10O16. The number of nitrogens with zero attached hydrogens (tertiary/aromatic N) is 9. The lowest BCUT2D eigenvalue weighted by molar-refractivity contribution is -0.394. The molecule has 7 aromatic rings. The van der Waals surface area contributed by atoms with E-state index in [2.05, 4.69) is 4.98 Å². The molecule has 26 nitrogen and oxygen atoms in total. The lowest BCUT2D eigenvalue weighted by Gasteiger charge is -2.19. The Balaban J connectivity index is 0.000000494. The Morgan fingerprint density at radius 2 is 0.807 bits per heavy atom. The highest BCUT2D eigenvalue weighted by Crippen LogP contribution is 2.35. The summed E-state index contributed by atoms with van der Waals surface area (Å²) in [6.07, 6.45) is 4.55. The molecule has 0 saturated heterocycles. The molecule has 0 fully saturated rings. The average molecular weight is 1270 g/mol. The summed E-state index contributed by atoms with van der Waals surface area (Å²) in [5.74, 6) is 0. The number of methoxy groups -OCH3 is 2. The van der Waals surface area contributed by atoms with Gasteiger partial charge in [0.15, 0.2) is 0 Å². The van der Waals surface area contributed by atoms with Crippen LogP contribution in [-0.2, 0) is 9.47 Å². The summed E-state index contributed by atoms with van der Waals surface area (Å²) < 4.78 is 9.73. The highest BCUT2D eigenvalue weighted by atomic mass is 35.5. The quantitative estimate of drug-likeness (QED) is 0.0674. The van der Waals surface area contributed by atoms with Gasteiger partial charge in [0, 0.05) is 67.1 Å². The Kier molecular flexibility index (Phi) is 31.3. The SMILES string of the molecule is CN(C)/C=C/c1cc(Cl)c([N+](=O)[O-])cc1[N+](=O)[O-].COC(OC)N(C)C.Cc1cc(Cl)c([N+](=O)[O-])cc1[N+](=O)[O-].Cc1cc(Cl)c([N+](=O)[O-])cc1[N+](=O)[O-].Cc1cccc(Cl)c1.Cc1cccc(Cl)c1.O=[N+]([O-])c1cc2[nH]ccc2cc1Cl. The van der Waals surface area contributed by atoms with Gasteiger partial charge in [0.05, 0.1) is 63.7 Å². The number of aromatic amines is 1. The van der Waals surface area contributed by atoms with E-state index >= 15 is 0 Å². The van der Waals surface area contributed by atoms with Crippen molar-refractivity contribution in [3.05, 3.63) is 244 Å². The Morgan fingerprint density at radius 1 is 0.458 bits per heavy atom. The molecule has 0 aliphatic rings. The van der Waals surface area contributed by atoms with Crippen LogP contribution >= 0.6 is 69.6 Å². The summed E-state index contributed by atoms with van der Waals surface area (Å²) in [6.45, 7) is 6.97. The zero-order chi connectivity index (χ0) is 63.6. The monoisotopic (exact) mass is 1270 g/mol. The summed E-state index contributed by atoms with van der Waals surface area (Å²) in [6, 6.07) is 26.5. The molecular weight excluding hydrogens is 1220 g/mol. The molecule has 7 rings (SSSR count). The van der Waals surface area contributed by atoms with Crippen LogP contribution in [0.15, 0.2) is 116 Å². The van der Waals surface area contributed by atoms with E-state index in [4.69, 9.17) is 79.1 Å². The minimum atomic E-state index is -0.755. The third kappa shape index (κ3) is 25.2. The standard InChI is InChI=1S/C10H10ClN3O4.C8H5ClN2O2.2C7H5ClN2O4.2C7H7Cl.C5H13NO2/c1-12(2)4-3-7-5-8(11)10(14(17)18)6-9(7)13(15)16;9-6-3-5-1-2-10-7(5)4-8(6)11(12)13;2*1-4-2-5(8)7(10(13)14)3-6(4)9(11)12;2*1-6-3-2-4-7(8)5-6;1-6(2)5(7-3)8-4/h3-6H,1-2H3;1-4,10H;2*2-3H,1H3;2*2-5H,1H3;5H,1-4H3/b4-3+;;;;;;. The maximum atomic E-state index is 10.8. The molecule has 0 unspecified atom stereocenters. The van der Waals surface area contributed by atoms with Crippen molar-refractivity contribution >= 4 is 126 Å². The molecule has 0 bridgehead atoms. The van der Waals surface area contributed by atoms with Gasteiger partial charge in [-0.05, 0) is 120 Å². The zero-order valence-electron chi connectivity index (χ0n) is 45.4. The van der Waals surface area contributed by atoms with Crippen LogP contribution in [0.25, 0.3) is 17.0 Å². The lowest BCUT2D eigenvalue weighted by Crippen LogP contribution is -2.30. The van der Waals surface area contributed by atoms with Crippen LogP contribution in [0.4, 0.5) is 39.8 Å². The predicted octanol–water partition coefficient (Wildman–Crippen LogP) is 15.8. The van der Waals surface area contributed by atoms with Gasteiger partial charge in [-0.3, -0.25) is 75.7 Å². The topological polar surface area (TPSA) is 343 Å². The van der Waals surface area contributed by atoms with Crippen molar-refractivity contribution < 1.29 is 43.9 Å². The second-order valence-corrected chi connectivity index (χ2v) is 19.3. The molecule has 0 spiro atoms. The van der Waals surface area contributed by atoms with Crippen molar-refractivity contribution in [2.24, 2.45) is 0 Å². The summed E-state index contributed by atoms with van der Waals surface area (Å²) in [5.41, 5.74) is 1.51. The molecule has 0 aliphatic carbocycles.